The van der Waals surface area contributed by atoms with Gasteiger partial charge in [-0.3, -0.25) is 0 Å². The van der Waals surface area contributed by atoms with E-state index >= 15 is 0 Å². The molecule has 5 heteroatoms. The average Bonchev–Trinajstić information content (AvgIpc) is 2.68. The smallest absolute Gasteiger partial charge is 0.406 e. The highest BCUT2D eigenvalue weighted by Crippen LogP contribution is 2.36. The van der Waals surface area contributed by atoms with Crippen LogP contribution in [0.15, 0.2) is 48.5 Å². The largest absolute Gasteiger partial charge is 0.573 e. The number of unbranched alkanes of at least 4 members (excludes halogenated alkanes) is 2. The highest BCUT2D eigenvalue weighted by Gasteiger charge is 2.31. The fourth-order valence-electron chi connectivity index (χ4n) is 4.03. The molecule has 2 aromatic rings. The second-order valence-electron chi connectivity index (χ2n) is 7.68. The molecule has 1 heterocycles. The zero-order valence-electron chi connectivity index (χ0n) is 16.4. The van der Waals surface area contributed by atoms with Gasteiger partial charge in [-0.05, 0) is 47.6 Å². The van der Waals surface area contributed by atoms with Gasteiger partial charge in [-0.2, -0.15) is 0 Å². The van der Waals surface area contributed by atoms with Crippen molar-refractivity contribution >= 4 is 8.80 Å². The predicted octanol–water partition coefficient (Wildman–Crippen LogP) is 7.81. The molecule has 1 saturated heterocycles. The summed E-state index contributed by atoms with van der Waals surface area (Å²) in [4.78, 5) is 0. The van der Waals surface area contributed by atoms with Gasteiger partial charge in [-0.25, -0.2) is 0 Å². The summed E-state index contributed by atoms with van der Waals surface area (Å²) in [5, 5.41) is 0. The van der Waals surface area contributed by atoms with E-state index in [2.05, 4.69) is 35.9 Å². The van der Waals surface area contributed by atoms with Gasteiger partial charge >= 0.3 is 6.36 Å². The summed E-state index contributed by atoms with van der Waals surface area (Å²) in [7, 11) is -0.120. The van der Waals surface area contributed by atoms with Gasteiger partial charge in [0.2, 0.25) is 0 Å². The van der Waals surface area contributed by atoms with Crippen LogP contribution < -0.4 is 4.74 Å². The summed E-state index contributed by atoms with van der Waals surface area (Å²) < 4.78 is 40.7. The zero-order valence-corrected chi connectivity index (χ0v) is 17.4. The molecule has 28 heavy (non-hydrogen) atoms. The lowest BCUT2D eigenvalue weighted by Gasteiger charge is -2.28. The van der Waals surface area contributed by atoms with E-state index in [0.29, 0.717) is 5.92 Å². The molecule has 2 aromatic carbocycles. The fraction of sp³-hybridized carbons (Fsp3) is 0.478. The standard InChI is InChI=1S/C23H28F3OSi/c1-2-3-4-15-28-16-13-21(14-17-28)19-7-5-18(6-8-19)20-9-11-22(12-10-20)27-23(24,25)26/h5-12,21H,2-4,13-17H2,1H3. The number of benzene rings is 2. The Kier molecular flexibility index (Phi) is 7.22. The van der Waals surface area contributed by atoms with Gasteiger partial charge in [0.25, 0.3) is 0 Å². The number of hydrogen-bond donors (Lipinski definition) is 0. The summed E-state index contributed by atoms with van der Waals surface area (Å²) in [6.07, 6.45) is 2.06. The first-order chi connectivity index (χ1) is 13.4. The summed E-state index contributed by atoms with van der Waals surface area (Å²) in [5.41, 5.74) is 3.31. The van der Waals surface area contributed by atoms with Gasteiger partial charge in [0.1, 0.15) is 5.75 Å². The number of hydrogen-bond acceptors (Lipinski definition) is 1. The van der Waals surface area contributed by atoms with E-state index in [1.165, 1.54) is 67.9 Å². The van der Waals surface area contributed by atoms with Gasteiger partial charge in [0, 0.05) is 8.80 Å². The predicted molar refractivity (Wildman–Crippen MR) is 110 cm³/mol. The molecule has 1 fully saturated rings. The first-order valence-corrected chi connectivity index (χ1v) is 12.4. The topological polar surface area (TPSA) is 9.23 Å². The van der Waals surface area contributed by atoms with Gasteiger partial charge in [0.05, 0.1) is 0 Å². The molecular weight excluding hydrogens is 377 g/mol. The summed E-state index contributed by atoms with van der Waals surface area (Å²) in [6, 6.07) is 18.9. The van der Waals surface area contributed by atoms with Crippen molar-refractivity contribution in [1.82, 2.24) is 0 Å². The Morgan fingerprint density at radius 3 is 2.00 bits per heavy atom. The minimum Gasteiger partial charge on any atom is -0.406 e. The molecule has 3 rings (SSSR count). The Morgan fingerprint density at radius 1 is 0.893 bits per heavy atom. The maximum Gasteiger partial charge on any atom is 0.573 e. The lowest BCUT2D eigenvalue weighted by molar-refractivity contribution is -0.274. The quantitative estimate of drug-likeness (QED) is 0.337. The van der Waals surface area contributed by atoms with Crippen LogP contribution in [0.3, 0.4) is 0 Å². The summed E-state index contributed by atoms with van der Waals surface area (Å²) >= 11 is 0. The Labute approximate surface area is 167 Å². The minimum absolute atomic E-state index is 0.120. The summed E-state index contributed by atoms with van der Waals surface area (Å²) in [5.74, 6) is 0.475. The van der Waals surface area contributed by atoms with Crippen molar-refractivity contribution in [2.45, 2.75) is 69.4 Å². The third-order valence-electron chi connectivity index (χ3n) is 5.63. The minimum atomic E-state index is -4.65. The van der Waals surface area contributed by atoms with Gasteiger partial charge < -0.3 is 4.74 Å². The van der Waals surface area contributed by atoms with Crippen molar-refractivity contribution in [2.24, 2.45) is 0 Å². The van der Waals surface area contributed by atoms with Crippen LogP contribution in [0.2, 0.25) is 18.1 Å². The normalized spacial score (nSPS) is 16.3. The second kappa shape index (κ2) is 9.64. The van der Waals surface area contributed by atoms with Crippen LogP contribution in [-0.2, 0) is 0 Å². The number of alkyl halides is 3. The van der Waals surface area contributed by atoms with Crippen LogP contribution in [0.4, 0.5) is 13.2 Å². The van der Waals surface area contributed by atoms with Crippen molar-refractivity contribution in [3.63, 3.8) is 0 Å². The van der Waals surface area contributed by atoms with Crippen LogP contribution in [0, 0.1) is 0 Å². The van der Waals surface area contributed by atoms with Crippen LogP contribution in [0.25, 0.3) is 11.1 Å². The first kappa shape index (κ1) is 21.0. The maximum absolute atomic E-state index is 12.3. The monoisotopic (exact) mass is 405 g/mol. The number of rotatable bonds is 7. The maximum atomic E-state index is 12.3. The Morgan fingerprint density at radius 2 is 1.46 bits per heavy atom. The number of halogens is 3. The molecule has 0 unspecified atom stereocenters. The molecule has 1 aliphatic rings. The van der Waals surface area contributed by atoms with Crippen molar-refractivity contribution in [3.8, 4) is 16.9 Å². The number of ether oxygens (including phenoxy) is 1. The molecule has 0 saturated carbocycles. The SMILES string of the molecule is CCCCC[Si]1CCC(c2ccc(-c3ccc(OC(F)(F)F)cc3)cc2)CC1. The van der Waals surface area contributed by atoms with Crippen LogP contribution in [0.1, 0.15) is 50.5 Å². The molecule has 1 radical (unpaired) electrons. The van der Waals surface area contributed by atoms with E-state index < -0.39 is 6.36 Å². The van der Waals surface area contributed by atoms with Gasteiger partial charge in [0.15, 0.2) is 0 Å². The highest BCUT2D eigenvalue weighted by molar-refractivity contribution is 6.59. The molecule has 0 bridgehead atoms. The molecule has 0 amide bonds. The molecule has 1 nitrogen and oxygen atoms in total. The third kappa shape index (κ3) is 6.13. The van der Waals surface area contributed by atoms with Crippen LogP contribution in [0.5, 0.6) is 5.75 Å². The molecule has 0 N–H and O–H groups in total. The average molecular weight is 406 g/mol. The lowest BCUT2D eigenvalue weighted by atomic mass is 9.92. The summed E-state index contributed by atoms with van der Waals surface area (Å²) in [6.45, 7) is 2.27. The van der Waals surface area contributed by atoms with Gasteiger partial charge in [-0.1, -0.05) is 80.7 Å². The molecule has 0 atom stereocenters. The Bertz CT molecular complexity index is 717. The third-order valence-corrected chi connectivity index (χ3v) is 8.68. The van der Waals surface area contributed by atoms with E-state index in [9.17, 15) is 13.2 Å². The van der Waals surface area contributed by atoms with Crippen molar-refractivity contribution in [2.75, 3.05) is 0 Å². The van der Waals surface area contributed by atoms with Crippen molar-refractivity contribution in [1.29, 1.82) is 0 Å². The van der Waals surface area contributed by atoms with Crippen molar-refractivity contribution < 1.29 is 17.9 Å². The molecule has 151 valence electrons. The Balaban J connectivity index is 1.55. The van der Waals surface area contributed by atoms with Crippen molar-refractivity contribution in [3.05, 3.63) is 54.1 Å². The van der Waals surface area contributed by atoms with Gasteiger partial charge in [-0.15, -0.1) is 13.2 Å². The van der Waals surface area contributed by atoms with E-state index in [1.807, 2.05) is 0 Å². The lowest BCUT2D eigenvalue weighted by Crippen LogP contribution is -2.20. The van der Waals surface area contributed by atoms with Crippen LogP contribution in [-0.4, -0.2) is 15.2 Å². The van der Waals surface area contributed by atoms with Crippen LogP contribution >= 0.6 is 0 Å². The zero-order chi connectivity index (χ0) is 20.0. The molecule has 0 aliphatic carbocycles. The molecule has 0 aromatic heterocycles. The first-order valence-electron chi connectivity index (χ1n) is 10.2. The molecule has 0 spiro atoms. The van der Waals surface area contributed by atoms with E-state index in [1.54, 1.807) is 12.1 Å². The van der Waals surface area contributed by atoms with E-state index in [4.69, 9.17) is 0 Å². The Hall–Kier alpha value is -1.75. The van der Waals surface area contributed by atoms with E-state index in [-0.39, 0.29) is 14.5 Å². The highest BCUT2D eigenvalue weighted by atomic mass is 28.3. The second-order valence-corrected chi connectivity index (χ2v) is 10.7. The molecule has 1 aliphatic heterocycles. The van der Waals surface area contributed by atoms with E-state index in [0.717, 1.165) is 11.1 Å². The fourth-order valence-corrected chi connectivity index (χ4v) is 7.04. The molecular formula is C23H28F3OSi.